The molecular weight excluding hydrogens is 452 g/mol. The molecule has 1 aromatic heterocycles. The largest absolute Gasteiger partial charge is 0.351 e. The zero-order valence-electron chi connectivity index (χ0n) is 19.6. The Bertz CT molecular complexity index is 1620. The molecule has 3 aromatic rings. The Morgan fingerprint density at radius 2 is 1.17 bits per heavy atom. The van der Waals surface area contributed by atoms with Crippen molar-refractivity contribution in [1.29, 1.82) is 10.5 Å². The van der Waals surface area contributed by atoms with Gasteiger partial charge in [0.15, 0.2) is 0 Å². The van der Waals surface area contributed by atoms with E-state index in [0.717, 1.165) is 42.4 Å². The first-order valence-corrected chi connectivity index (χ1v) is 11.7. The minimum absolute atomic E-state index is 0.161. The van der Waals surface area contributed by atoms with Crippen LogP contribution in [0.4, 0.5) is 0 Å². The van der Waals surface area contributed by atoms with Crippen molar-refractivity contribution in [3.8, 4) is 12.1 Å². The molecule has 0 amide bonds. The van der Waals surface area contributed by atoms with Gasteiger partial charge < -0.3 is 9.69 Å². The van der Waals surface area contributed by atoms with E-state index < -0.39 is 10.8 Å². The minimum Gasteiger partial charge on any atom is -0.351 e. The lowest BCUT2D eigenvalue weighted by Crippen LogP contribution is -2.17. The number of allylic oxidation sites excluding steroid dienone is 2. The van der Waals surface area contributed by atoms with E-state index >= 15 is 0 Å². The normalized spacial score (nSPS) is 17.6. The van der Waals surface area contributed by atoms with Crippen molar-refractivity contribution in [2.75, 3.05) is 0 Å². The second-order valence-electron chi connectivity index (χ2n) is 9.60. The standard InChI is InChI=1S/C28H18N6S/c1-27(2)19-11-17-18-12-20-16(10-24(28(20,3)4)34-26(14-30)32-6)8-22(18)35-21(17)7-15(19)9-23(27)33-25(13-29)31-5/h7-12H,1-4H3. The van der Waals surface area contributed by atoms with Crippen molar-refractivity contribution in [2.24, 2.45) is 9.98 Å². The number of nitriles is 2. The van der Waals surface area contributed by atoms with Crippen LogP contribution in [-0.2, 0) is 10.8 Å². The monoisotopic (exact) mass is 470 g/mol. The summed E-state index contributed by atoms with van der Waals surface area (Å²) in [5.41, 5.74) is 4.90. The lowest BCUT2D eigenvalue weighted by molar-refractivity contribution is 0.633. The Balaban J connectivity index is 1.68. The van der Waals surface area contributed by atoms with Crippen LogP contribution in [0.15, 0.2) is 45.6 Å². The van der Waals surface area contributed by atoms with Crippen molar-refractivity contribution in [2.45, 2.75) is 38.5 Å². The Morgan fingerprint density at radius 3 is 1.51 bits per heavy atom. The van der Waals surface area contributed by atoms with Crippen LogP contribution in [0.2, 0.25) is 0 Å². The van der Waals surface area contributed by atoms with Gasteiger partial charge in [0.25, 0.3) is 0 Å². The second kappa shape index (κ2) is 7.48. The Morgan fingerprint density at radius 1 is 0.771 bits per heavy atom. The molecule has 0 aliphatic heterocycles. The number of aliphatic imine (C=N–C) groups is 2. The molecule has 0 saturated heterocycles. The first-order chi connectivity index (χ1) is 16.6. The molecular formula is C28H18N6S. The van der Waals surface area contributed by atoms with Gasteiger partial charge in [0, 0.05) is 20.2 Å². The van der Waals surface area contributed by atoms with Gasteiger partial charge in [-0.3, -0.25) is 0 Å². The van der Waals surface area contributed by atoms with E-state index in [-0.39, 0.29) is 11.7 Å². The zero-order chi connectivity index (χ0) is 25.1. The highest BCUT2D eigenvalue weighted by Crippen LogP contribution is 2.49. The summed E-state index contributed by atoms with van der Waals surface area (Å²) in [6.07, 6.45) is 3.95. The van der Waals surface area contributed by atoms with Crippen molar-refractivity contribution in [3.05, 3.63) is 80.7 Å². The lowest BCUT2D eigenvalue weighted by Gasteiger charge is -2.20. The average Bonchev–Trinajstić information content (AvgIpc) is 3.39. The van der Waals surface area contributed by atoms with Crippen LogP contribution < -0.4 is 0 Å². The molecule has 0 atom stereocenters. The third-order valence-corrected chi connectivity index (χ3v) is 8.01. The molecule has 0 bridgehead atoms. The highest BCUT2D eigenvalue weighted by molar-refractivity contribution is 7.25. The molecule has 6 nitrogen and oxygen atoms in total. The van der Waals surface area contributed by atoms with Crippen molar-refractivity contribution < 1.29 is 0 Å². The molecule has 0 spiro atoms. The topological polar surface area (TPSA) is 81.0 Å². The van der Waals surface area contributed by atoms with Gasteiger partial charge in [0.1, 0.15) is 23.5 Å². The van der Waals surface area contributed by atoms with Crippen LogP contribution in [0.3, 0.4) is 0 Å². The fourth-order valence-corrected chi connectivity index (χ4v) is 6.04. The number of thiophene rings is 1. The molecule has 35 heavy (non-hydrogen) atoms. The summed E-state index contributed by atoms with van der Waals surface area (Å²) in [6.45, 7) is 22.6. The molecule has 166 valence electrons. The fourth-order valence-electron chi connectivity index (χ4n) is 4.87. The first kappa shape index (κ1) is 22.2. The molecule has 1 heterocycles. The van der Waals surface area contributed by atoms with Crippen LogP contribution in [0.25, 0.3) is 42.0 Å². The molecule has 2 aliphatic rings. The number of benzene rings is 2. The predicted molar refractivity (Wildman–Crippen MR) is 141 cm³/mol. The van der Waals surface area contributed by atoms with Crippen LogP contribution in [0.1, 0.15) is 49.9 Å². The quantitative estimate of drug-likeness (QED) is 0.229. The van der Waals surface area contributed by atoms with Gasteiger partial charge in [0.05, 0.1) is 10.8 Å². The maximum absolute atomic E-state index is 9.16. The number of rotatable bonds is 2. The molecule has 7 heteroatoms. The molecule has 0 fully saturated rings. The Labute approximate surface area is 207 Å². The summed E-state index contributed by atoms with van der Waals surface area (Å²) >= 11 is 1.71. The number of hydrogen-bond acceptors (Lipinski definition) is 5. The number of nitrogens with zero attached hydrogens (tertiary/aromatic N) is 6. The van der Waals surface area contributed by atoms with Crippen LogP contribution in [0.5, 0.6) is 0 Å². The fraction of sp³-hybridized carbons (Fsp3) is 0.214. The number of fused-ring (bicyclic) bond motifs is 5. The van der Waals surface area contributed by atoms with E-state index in [4.69, 9.17) is 23.7 Å². The summed E-state index contributed by atoms with van der Waals surface area (Å²) in [7, 11) is 0. The van der Waals surface area contributed by atoms with E-state index in [0.29, 0.717) is 11.4 Å². The highest BCUT2D eigenvalue weighted by Gasteiger charge is 2.39. The molecule has 0 unspecified atom stereocenters. The molecule has 0 saturated carbocycles. The average molecular weight is 471 g/mol. The maximum atomic E-state index is 9.16. The van der Waals surface area contributed by atoms with Gasteiger partial charge in [-0.05, 0) is 86.4 Å². The van der Waals surface area contributed by atoms with Gasteiger partial charge in [-0.25, -0.2) is 10.5 Å². The van der Waals surface area contributed by atoms with Crippen molar-refractivity contribution in [3.63, 3.8) is 0 Å². The van der Waals surface area contributed by atoms with Gasteiger partial charge in [-0.1, -0.05) is 13.1 Å². The van der Waals surface area contributed by atoms with Crippen LogP contribution in [0, 0.1) is 35.8 Å². The molecule has 0 N–H and O–H groups in total. The maximum Gasteiger partial charge on any atom is 0.349 e. The van der Waals surface area contributed by atoms with Gasteiger partial charge in [-0.2, -0.15) is 0 Å². The smallest absolute Gasteiger partial charge is 0.349 e. The zero-order valence-corrected chi connectivity index (χ0v) is 20.4. The van der Waals surface area contributed by atoms with E-state index in [1.54, 1.807) is 11.3 Å². The van der Waals surface area contributed by atoms with E-state index in [1.165, 1.54) is 0 Å². The van der Waals surface area contributed by atoms with E-state index in [2.05, 4.69) is 71.6 Å². The second-order valence-corrected chi connectivity index (χ2v) is 10.7. The summed E-state index contributed by atoms with van der Waals surface area (Å²) in [5, 5.41) is 20.6. The summed E-state index contributed by atoms with van der Waals surface area (Å²) in [4.78, 5) is 15.1. The SMILES string of the molecule is [C-]#[N+]C(C#N)=NC1=Cc2cc3sc4cc5c(cc4c3cc2C1(C)C)C(C)(C)C(N=C(C#N)[N+]#[C-])=C5. The van der Waals surface area contributed by atoms with Crippen molar-refractivity contribution >= 4 is 55.3 Å². The number of hydrogen-bond donors (Lipinski definition) is 0. The highest BCUT2D eigenvalue weighted by atomic mass is 32.1. The Hall–Kier alpha value is -4.56. The molecule has 2 aliphatic carbocycles. The lowest BCUT2D eigenvalue weighted by atomic mass is 9.83. The minimum atomic E-state index is -0.433. The van der Waals surface area contributed by atoms with Crippen LogP contribution >= 0.6 is 11.3 Å². The third kappa shape index (κ3) is 3.18. The summed E-state index contributed by atoms with van der Waals surface area (Å²) in [5.74, 6) is -0.322. The van der Waals surface area contributed by atoms with E-state index in [9.17, 15) is 0 Å². The van der Waals surface area contributed by atoms with Crippen molar-refractivity contribution in [1.82, 2.24) is 0 Å². The van der Waals surface area contributed by atoms with E-state index in [1.807, 2.05) is 24.3 Å². The molecule has 5 rings (SSSR count). The van der Waals surface area contributed by atoms with Gasteiger partial charge in [-0.15, -0.1) is 21.3 Å². The summed E-state index contributed by atoms with van der Waals surface area (Å²) in [6, 6.07) is 12.5. The molecule has 2 aromatic carbocycles. The number of amidine groups is 2. The van der Waals surface area contributed by atoms with Gasteiger partial charge >= 0.3 is 11.7 Å². The van der Waals surface area contributed by atoms with Crippen LogP contribution in [-0.4, -0.2) is 11.7 Å². The first-order valence-electron chi connectivity index (χ1n) is 10.9. The third-order valence-electron chi connectivity index (χ3n) is 6.89. The van der Waals surface area contributed by atoms with Gasteiger partial charge in [0.2, 0.25) is 0 Å². The molecule has 0 radical (unpaired) electrons. The summed E-state index contributed by atoms with van der Waals surface area (Å²) < 4.78 is 2.32. The predicted octanol–water partition coefficient (Wildman–Crippen LogP) is 7.00. The Kier molecular flexibility index (Phi) is 4.75.